The number of nitrogens with zero attached hydrogens (tertiary/aromatic N) is 2. The molecule has 2 rings (SSSR count). The van der Waals surface area contributed by atoms with Crippen molar-refractivity contribution < 1.29 is 5.11 Å². The van der Waals surface area contributed by atoms with Crippen molar-refractivity contribution in [2.75, 3.05) is 11.5 Å². The minimum absolute atomic E-state index is 0.215. The van der Waals surface area contributed by atoms with Gasteiger partial charge in [-0.05, 0) is 24.1 Å². The van der Waals surface area contributed by atoms with E-state index in [0.717, 1.165) is 12.0 Å². The lowest BCUT2D eigenvalue weighted by atomic mass is 10.1. The summed E-state index contributed by atoms with van der Waals surface area (Å²) < 4.78 is 1.58. The Bertz CT molecular complexity index is 623. The molecule has 0 amide bonds. The molecule has 4 N–H and O–H groups in total. The maximum Gasteiger partial charge on any atom is 0.343 e. The third kappa shape index (κ3) is 3.43. The quantitative estimate of drug-likeness (QED) is 0.552. The Balaban J connectivity index is 2.03. The molecule has 1 heterocycles. The van der Waals surface area contributed by atoms with Gasteiger partial charge in [-0.2, -0.15) is 0 Å². The number of thioether (sulfide) groups is 1. The summed E-state index contributed by atoms with van der Waals surface area (Å²) in [5.74, 6) is 0.414. The van der Waals surface area contributed by atoms with Gasteiger partial charge in [0.15, 0.2) is 5.16 Å². The predicted octanol–water partition coefficient (Wildman–Crippen LogP) is 1.39. The van der Waals surface area contributed by atoms with Crippen LogP contribution in [0.15, 0.2) is 34.2 Å². The highest BCUT2D eigenvalue weighted by Gasteiger charge is 2.13. The molecule has 0 aliphatic rings. The zero-order valence-corrected chi connectivity index (χ0v) is 12.1. The SMILES string of the molecule is CCCn1c(SCC(O)c2cccc(N)c2)n[nH]c1=O. The molecule has 0 fully saturated rings. The number of nitrogen functional groups attached to an aromatic ring is 1. The van der Waals surface area contributed by atoms with Crippen LogP contribution < -0.4 is 11.4 Å². The van der Waals surface area contributed by atoms with Gasteiger partial charge in [0.1, 0.15) is 0 Å². The largest absolute Gasteiger partial charge is 0.399 e. The van der Waals surface area contributed by atoms with Crippen molar-refractivity contribution in [3.8, 4) is 0 Å². The Labute approximate surface area is 121 Å². The first-order valence-electron chi connectivity index (χ1n) is 6.43. The molecule has 0 aliphatic carbocycles. The van der Waals surface area contributed by atoms with Crippen molar-refractivity contribution in [2.24, 2.45) is 0 Å². The molecule has 0 saturated heterocycles. The second-order valence-electron chi connectivity index (χ2n) is 4.46. The fraction of sp³-hybridized carbons (Fsp3) is 0.385. The summed E-state index contributed by atoms with van der Waals surface area (Å²) in [7, 11) is 0. The second kappa shape index (κ2) is 6.62. The van der Waals surface area contributed by atoms with E-state index >= 15 is 0 Å². The third-order valence-electron chi connectivity index (χ3n) is 2.84. The second-order valence-corrected chi connectivity index (χ2v) is 5.45. The smallest absolute Gasteiger partial charge is 0.343 e. The summed E-state index contributed by atoms with van der Waals surface area (Å²) in [5.41, 5.74) is 6.86. The van der Waals surface area contributed by atoms with Crippen LogP contribution in [0, 0.1) is 0 Å². The molecule has 2 aromatic rings. The first-order chi connectivity index (χ1) is 9.61. The summed E-state index contributed by atoms with van der Waals surface area (Å²) in [6, 6.07) is 7.15. The molecule has 0 aliphatic heterocycles. The molecule has 108 valence electrons. The van der Waals surface area contributed by atoms with Gasteiger partial charge in [0.2, 0.25) is 0 Å². The van der Waals surface area contributed by atoms with Crippen LogP contribution in [0.2, 0.25) is 0 Å². The van der Waals surface area contributed by atoms with Crippen LogP contribution >= 0.6 is 11.8 Å². The summed E-state index contributed by atoms with van der Waals surface area (Å²) in [4.78, 5) is 11.5. The molecule has 6 nitrogen and oxygen atoms in total. The van der Waals surface area contributed by atoms with Crippen LogP contribution in [-0.4, -0.2) is 25.6 Å². The topological polar surface area (TPSA) is 96.9 Å². The van der Waals surface area contributed by atoms with E-state index in [1.165, 1.54) is 11.8 Å². The number of aromatic amines is 1. The Morgan fingerprint density at radius 1 is 1.55 bits per heavy atom. The van der Waals surface area contributed by atoms with Gasteiger partial charge >= 0.3 is 5.69 Å². The molecule has 0 bridgehead atoms. The minimum Gasteiger partial charge on any atom is -0.399 e. The zero-order valence-electron chi connectivity index (χ0n) is 11.2. The number of rotatable bonds is 6. The predicted molar refractivity (Wildman–Crippen MR) is 79.7 cm³/mol. The van der Waals surface area contributed by atoms with Crippen LogP contribution in [-0.2, 0) is 6.54 Å². The summed E-state index contributed by atoms with van der Waals surface area (Å²) >= 11 is 1.35. The Hall–Kier alpha value is -1.73. The fourth-order valence-corrected chi connectivity index (χ4v) is 2.79. The van der Waals surface area contributed by atoms with Crippen molar-refractivity contribution >= 4 is 17.4 Å². The van der Waals surface area contributed by atoms with E-state index in [4.69, 9.17) is 5.73 Å². The van der Waals surface area contributed by atoms with E-state index in [2.05, 4.69) is 10.2 Å². The van der Waals surface area contributed by atoms with Crippen molar-refractivity contribution in [3.05, 3.63) is 40.3 Å². The van der Waals surface area contributed by atoms with E-state index in [0.29, 0.717) is 23.1 Å². The molecule has 7 heteroatoms. The van der Waals surface area contributed by atoms with Crippen molar-refractivity contribution in [2.45, 2.75) is 31.1 Å². The standard InChI is InChI=1S/C13H18N4O2S/c1-2-6-17-12(19)15-16-13(17)20-8-11(18)9-4-3-5-10(14)7-9/h3-5,7,11,18H,2,6,8,14H2,1H3,(H,15,19). The van der Waals surface area contributed by atoms with Gasteiger partial charge in [-0.15, -0.1) is 5.10 Å². The summed E-state index contributed by atoms with van der Waals surface area (Å²) in [6.07, 6.45) is 0.204. The van der Waals surface area contributed by atoms with Crippen LogP contribution in [0.4, 0.5) is 5.69 Å². The van der Waals surface area contributed by atoms with Crippen molar-refractivity contribution in [1.82, 2.24) is 14.8 Å². The number of nitrogens with two attached hydrogens (primary N) is 1. The maximum absolute atomic E-state index is 11.5. The van der Waals surface area contributed by atoms with Crippen LogP contribution in [0.25, 0.3) is 0 Å². The maximum atomic E-state index is 11.5. The van der Waals surface area contributed by atoms with E-state index in [1.54, 1.807) is 22.8 Å². The number of aromatic nitrogens is 3. The van der Waals surface area contributed by atoms with Gasteiger partial charge in [0, 0.05) is 18.0 Å². The number of aliphatic hydroxyl groups excluding tert-OH is 1. The van der Waals surface area contributed by atoms with Crippen molar-refractivity contribution in [1.29, 1.82) is 0 Å². The summed E-state index contributed by atoms with van der Waals surface area (Å²) in [6.45, 7) is 2.61. The zero-order chi connectivity index (χ0) is 14.5. The van der Waals surface area contributed by atoms with E-state index in [1.807, 2.05) is 13.0 Å². The summed E-state index contributed by atoms with van der Waals surface area (Å²) in [5, 5.41) is 17.1. The van der Waals surface area contributed by atoms with E-state index < -0.39 is 6.10 Å². The third-order valence-corrected chi connectivity index (χ3v) is 3.89. The number of hydrogen-bond acceptors (Lipinski definition) is 5. The minimum atomic E-state index is -0.648. The molecule has 1 aromatic carbocycles. The number of nitrogens with one attached hydrogen (secondary N) is 1. The number of H-pyrrole nitrogens is 1. The first-order valence-corrected chi connectivity index (χ1v) is 7.42. The highest BCUT2D eigenvalue weighted by Crippen LogP contribution is 2.23. The lowest BCUT2D eigenvalue weighted by molar-refractivity contribution is 0.204. The first kappa shape index (κ1) is 14.7. The fourth-order valence-electron chi connectivity index (χ4n) is 1.85. The Kier molecular flexibility index (Phi) is 4.86. The Morgan fingerprint density at radius 2 is 2.35 bits per heavy atom. The highest BCUT2D eigenvalue weighted by atomic mass is 32.2. The van der Waals surface area contributed by atoms with Crippen molar-refractivity contribution in [3.63, 3.8) is 0 Å². The molecule has 0 radical (unpaired) electrons. The molecular weight excluding hydrogens is 276 g/mol. The highest BCUT2D eigenvalue weighted by molar-refractivity contribution is 7.99. The van der Waals surface area contributed by atoms with Gasteiger partial charge < -0.3 is 10.8 Å². The molecule has 0 saturated carbocycles. The number of aliphatic hydroxyl groups is 1. The van der Waals surface area contributed by atoms with E-state index in [9.17, 15) is 9.90 Å². The number of hydrogen-bond donors (Lipinski definition) is 3. The molecule has 1 unspecified atom stereocenters. The lowest BCUT2D eigenvalue weighted by Gasteiger charge is -2.11. The normalized spacial score (nSPS) is 12.5. The number of benzene rings is 1. The lowest BCUT2D eigenvalue weighted by Crippen LogP contribution is -2.17. The van der Waals surface area contributed by atoms with Crippen LogP contribution in [0.1, 0.15) is 25.0 Å². The van der Waals surface area contributed by atoms with Gasteiger partial charge in [-0.25, -0.2) is 9.89 Å². The van der Waals surface area contributed by atoms with Gasteiger partial charge in [-0.1, -0.05) is 30.8 Å². The molecule has 1 atom stereocenters. The average Bonchev–Trinajstić information content (AvgIpc) is 2.78. The molecule has 1 aromatic heterocycles. The van der Waals surface area contributed by atoms with Gasteiger partial charge in [0.05, 0.1) is 6.10 Å². The molecular formula is C13H18N4O2S. The Morgan fingerprint density at radius 3 is 3.05 bits per heavy atom. The monoisotopic (exact) mass is 294 g/mol. The van der Waals surface area contributed by atoms with Crippen LogP contribution in [0.3, 0.4) is 0 Å². The van der Waals surface area contributed by atoms with Crippen LogP contribution in [0.5, 0.6) is 0 Å². The molecule has 0 spiro atoms. The average molecular weight is 294 g/mol. The number of anilines is 1. The van der Waals surface area contributed by atoms with Gasteiger partial charge in [0.25, 0.3) is 0 Å². The van der Waals surface area contributed by atoms with E-state index in [-0.39, 0.29) is 5.69 Å². The molecule has 20 heavy (non-hydrogen) atoms. The van der Waals surface area contributed by atoms with Gasteiger partial charge in [-0.3, -0.25) is 4.57 Å².